The lowest BCUT2D eigenvalue weighted by Gasteiger charge is -2.47. The zero-order valence-corrected chi connectivity index (χ0v) is 34.2. The molecule has 6 rings (SSSR count). The second-order valence-electron chi connectivity index (χ2n) is 17.1. The molecule has 62 heavy (non-hydrogen) atoms. The highest BCUT2D eigenvalue weighted by molar-refractivity contribution is 5.01. The van der Waals surface area contributed by atoms with E-state index in [-0.39, 0.29) is 11.8 Å². The Kier molecular flexibility index (Phi) is 18.6. The molecule has 6 aliphatic rings. The summed E-state index contributed by atoms with van der Waals surface area (Å²) in [5.74, 6) is -0.597. The second kappa shape index (κ2) is 22.2. The molecule has 0 radical (unpaired) electrons. The summed E-state index contributed by atoms with van der Waals surface area (Å²) in [7, 11) is 0. The lowest BCUT2D eigenvalue weighted by molar-refractivity contribution is -0.312. The lowest BCUT2D eigenvalue weighted by atomic mass is 9.80. The van der Waals surface area contributed by atoms with E-state index >= 15 is 0 Å². The fourth-order valence-electron chi connectivity index (χ4n) is 8.70. The first-order valence-electron chi connectivity index (χ1n) is 20.7. The smallest absolute Gasteiger partial charge is 0.187 e. The molecule has 4 aliphatic heterocycles. The summed E-state index contributed by atoms with van der Waals surface area (Å²) in [5.41, 5.74) is 24.2. The maximum atomic E-state index is 10.9. The number of nitrogens with two attached hydrogens (primary N) is 4. The summed E-state index contributed by atoms with van der Waals surface area (Å²) in [4.78, 5) is 0. The molecule has 4 heterocycles. The number of hydrogen-bond acceptors (Lipinski definition) is 26. The minimum absolute atomic E-state index is 0.287. The molecule has 0 amide bonds. The molecule has 0 aromatic rings. The van der Waals surface area contributed by atoms with Crippen LogP contribution in [0.25, 0.3) is 0 Å². The van der Waals surface area contributed by atoms with Crippen LogP contribution in [0.4, 0.5) is 0 Å². The molecule has 26 nitrogen and oxygen atoms in total. The maximum absolute atomic E-state index is 10.9. The topological polar surface area (TPSA) is 461 Å². The van der Waals surface area contributed by atoms with Crippen LogP contribution < -0.4 is 22.9 Å². The average Bonchev–Trinajstić information content (AvgIpc) is 3.68. The van der Waals surface area contributed by atoms with Crippen LogP contribution in [0.1, 0.15) is 26.7 Å². The molecule has 364 valence electrons. The van der Waals surface area contributed by atoms with E-state index in [1.807, 2.05) is 0 Å². The molecule has 26 heteroatoms. The maximum Gasteiger partial charge on any atom is 0.187 e. The van der Waals surface area contributed by atoms with Crippen molar-refractivity contribution < 1.29 is 109 Å². The van der Waals surface area contributed by atoms with Crippen molar-refractivity contribution in [3.05, 3.63) is 0 Å². The normalized spacial score (nSPS) is 53.6. The summed E-state index contributed by atoms with van der Waals surface area (Å²) in [5, 5.41) is 139. The van der Waals surface area contributed by atoms with Gasteiger partial charge in [0, 0.05) is 12.1 Å². The van der Waals surface area contributed by atoms with Crippen LogP contribution in [-0.2, 0) is 37.9 Å². The van der Waals surface area contributed by atoms with Crippen LogP contribution in [0, 0.1) is 11.8 Å². The third kappa shape index (κ3) is 10.9. The van der Waals surface area contributed by atoms with Crippen LogP contribution >= 0.6 is 0 Å². The van der Waals surface area contributed by atoms with E-state index in [1.54, 1.807) is 13.8 Å². The van der Waals surface area contributed by atoms with Gasteiger partial charge in [-0.3, -0.25) is 0 Å². The Morgan fingerprint density at radius 2 is 0.694 bits per heavy atom. The van der Waals surface area contributed by atoms with Gasteiger partial charge in [-0.1, -0.05) is 13.8 Å². The predicted octanol–water partition coefficient (Wildman–Crippen LogP) is -10.6. The van der Waals surface area contributed by atoms with Gasteiger partial charge < -0.3 is 132 Å². The first-order chi connectivity index (χ1) is 29.2. The molecule has 0 bridgehead atoms. The molecule has 2 saturated carbocycles. The van der Waals surface area contributed by atoms with Gasteiger partial charge in [-0.25, -0.2) is 0 Å². The summed E-state index contributed by atoms with van der Waals surface area (Å²) >= 11 is 0. The van der Waals surface area contributed by atoms with Crippen molar-refractivity contribution in [1.82, 2.24) is 0 Å². The highest BCUT2D eigenvalue weighted by atomic mass is 16.7. The van der Waals surface area contributed by atoms with E-state index in [9.17, 15) is 71.5 Å². The molecule has 22 N–H and O–H groups in total. The van der Waals surface area contributed by atoms with E-state index in [4.69, 9.17) is 60.8 Å². The highest BCUT2D eigenvalue weighted by Crippen LogP contribution is 2.36. The minimum atomic E-state index is -1.48. The van der Waals surface area contributed by atoms with Crippen LogP contribution in [0.5, 0.6) is 0 Å². The molecule has 0 aromatic heterocycles. The molecular formula is C36H68N4O22. The fourth-order valence-corrected chi connectivity index (χ4v) is 8.70. The van der Waals surface area contributed by atoms with Crippen molar-refractivity contribution >= 4 is 0 Å². The Morgan fingerprint density at radius 1 is 0.371 bits per heavy atom. The van der Waals surface area contributed by atoms with Gasteiger partial charge in [0.05, 0.1) is 50.7 Å². The van der Waals surface area contributed by atoms with Gasteiger partial charge in [-0.15, -0.1) is 0 Å². The third-order valence-electron chi connectivity index (χ3n) is 12.6. The van der Waals surface area contributed by atoms with Gasteiger partial charge in [0.2, 0.25) is 0 Å². The molecule has 11 unspecified atom stereocenters. The molecular weight excluding hydrogens is 840 g/mol. The molecule has 2 aliphatic carbocycles. The molecule has 28 atom stereocenters. The van der Waals surface area contributed by atoms with E-state index in [1.165, 1.54) is 0 Å². The molecule has 0 spiro atoms. The van der Waals surface area contributed by atoms with Gasteiger partial charge in [0.15, 0.2) is 25.2 Å². The summed E-state index contributed by atoms with van der Waals surface area (Å²) in [6.07, 6.45) is -26.8. The van der Waals surface area contributed by atoms with Crippen LogP contribution in [0.15, 0.2) is 0 Å². The Hall–Kier alpha value is -1.04. The number of aliphatic hydroxyl groups is 14. The third-order valence-corrected chi connectivity index (χ3v) is 12.6. The standard InChI is InChI=1S/2C18H34N2O11/c1-5-2-6(19)16(31-17-9(20)12(25)10(23)7(3-21)28-17)14(27)15(5)30-18-13(26)11(24)8(4-22)29-18;1-5-2-6(19)15(30-17-9(20)13(26)11(24)7(3-21)28-17)16(10(5)23)31-18-14(27)12(25)8(4-22)29-18/h2*5-18,21-27H,2-4,19-20H2,1H3/t5?,6?,7?,8-,9?,10-,11+,12-,13?,14-,15-,16-,17-,18+;5?,6?,7?,8-,9+,10-,11-,12+,13?,14?,15-,16?,17-,18+/m11/s1. The largest absolute Gasteiger partial charge is 0.394 e. The Bertz CT molecular complexity index is 1370. The van der Waals surface area contributed by atoms with Crippen molar-refractivity contribution in [3.63, 3.8) is 0 Å². The van der Waals surface area contributed by atoms with E-state index in [0.717, 1.165) is 0 Å². The molecule has 6 fully saturated rings. The molecule has 4 saturated heterocycles. The van der Waals surface area contributed by atoms with Gasteiger partial charge in [0.1, 0.15) is 97.7 Å². The fraction of sp³-hybridized carbons (Fsp3) is 1.00. The number of aliphatic hydroxyl groups excluding tert-OH is 14. The summed E-state index contributed by atoms with van der Waals surface area (Å²) in [6.45, 7) is 1.28. The zero-order chi connectivity index (χ0) is 46.1. The number of hydrogen-bond donors (Lipinski definition) is 18. The predicted molar refractivity (Wildman–Crippen MR) is 202 cm³/mol. The van der Waals surface area contributed by atoms with Crippen LogP contribution in [0.3, 0.4) is 0 Å². The van der Waals surface area contributed by atoms with Crippen LogP contribution in [0.2, 0.25) is 0 Å². The van der Waals surface area contributed by atoms with Gasteiger partial charge in [-0.2, -0.15) is 0 Å². The first-order valence-corrected chi connectivity index (χ1v) is 20.7. The monoisotopic (exact) mass is 908 g/mol. The minimum Gasteiger partial charge on any atom is -0.394 e. The van der Waals surface area contributed by atoms with Gasteiger partial charge >= 0.3 is 0 Å². The van der Waals surface area contributed by atoms with Crippen LogP contribution in [-0.4, -0.2) is 257 Å². The Balaban J connectivity index is 0.000000234. The highest BCUT2D eigenvalue weighted by Gasteiger charge is 2.54. The van der Waals surface area contributed by atoms with E-state index in [0.29, 0.717) is 12.8 Å². The van der Waals surface area contributed by atoms with Crippen molar-refractivity contribution in [2.45, 2.75) is 186 Å². The first kappa shape index (κ1) is 51.9. The van der Waals surface area contributed by atoms with E-state index < -0.39 is 186 Å². The van der Waals surface area contributed by atoms with Crippen molar-refractivity contribution in [1.29, 1.82) is 0 Å². The van der Waals surface area contributed by atoms with Crippen molar-refractivity contribution in [3.8, 4) is 0 Å². The van der Waals surface area contributed by atoms with Crippen molar-refractivity contribution in [2.24, 2.45) is 34.8 Å². The average molecular weight is 909 g/mol. The second-order valence-corrected chi connectivity index (χ2v) is 17.1. The van der Waals surface area contributed by atoms with E-state index in [2.05, 4.69) is 0 Å². The molecule has 0 aromatic carbocycles. The van der Waals surface area contributed by atoms with Gasteiger partial charge in [0.25, 0.3) is 0 Å². The van der Waals surface area contributed by atoms with Crippen molar-refractivity contribution in [2.75, 3.05) is 26.4 Å². The summed E-state index contributed by atoms with van der Waals surface area (Å²) < 4.78 is 44.7. The Labute approximate surface area is 356 Å². The number of rotatable bonds is 12. The lowest BCUT2D eigenvalue weighted by Crippen LogP contribution is -2.66. The quantitative estimate of drug-likeness (QED) is 0.0864. The summed E-state index contributed by atoms with van der Waals surface area (Å²) in [6, 6.07) is -3.69. The Morgan fingerprint density at radius 3 is 1.11 bits per heavy atom. The zero-order valence-electron chi connectivity index (χ0n) is 34.2. The SMILES string of the molecule is CC1CC(N)[C@@H](O[C@H]2OC(CO)[C@@H](O)C(O)[C@@H]2N)C(O[C@@H]2O[C@H](CO)[C@H](O)C2O)[C@@H]1O.CC1CC(N)[C@@H](O[C@H]2OC(CO)[C@@H](O)[C@H](O)C2N)[C@H](O)[C@@H]1O[C@@H]1O[C@H](CO)[C@H](O)C1O. The number of ether oxygens (including phenoxy) is 8. The van der Waals surface area contributed by atoms with Gasteiger partial charge in [-0.05, 0) is 24.7 Å².